The molecule has 0 aliphatic carbocycles. The zero-order chi connectivity index (χ0) is 13.2. The number of nitrogens with one attached hydrogen (secondary N) is 2. The first-order chi connectivity index (χ1) is 8.72. The number of hydrogen-bond donors (Lipinski definition) is 3. The normalized spacial score (nSPS) is 9.89. The summed E-state index contributed by atoms with van der Waals surface area (Å²) >= 11 is 0. The third-order valence-electron chi connectivity index (χ3n) is 2.09. The van der Waals surface area contributed by atoms with Gasteiger partial charge in [-0.3, -0.25) is 0 Å². The highest BCUT2D eigenvalue weighted by molar-refractivity contribution is 5.73. The number of aliphatic hydroxyl groups is 1. The van der Waals surface area contributed by atoms with Gasteiger partial charge in [-0.15, -0.1) is 0 Å². The number of halogens is 1. The van der Waals surface area contributed by atoms with Crippen LogP contribution >= 0.6 is 0 Å². The minimum absolute atomic E-state index is 0.0822. The van der Waals surface area contributed by atoms with E-state index in [9.17, 15) is 9.18 Å². The summed E-state index contributed by atoms with van der Waals surface area (Å²) in [7, 11) is 0. The first kappa shape index (κ1) is 14.2. The van der Waals surface area contributed by atoms with Crippen LogP contribution in [0.25, 0.3) is 0 Å². The molecule has 0 heterocycles. The van der Waals surface area contributed by atoms with Crippen molar-refractivity contribution < 1.29 is 19.0 Å². The van der Waals surface area contributed by atoms with Crippen LogP contribution in [0.2, 0.25) is 0 Å². The number of urea groups is 1. The maximum atomic E-state index is 12.6. The van der Waals surface area contributed by atoms with Crippen molar-refractivity contribution in [3.63, 3.8) is 0 Å². The van der Waals surface area contributed by atoms with Gasteiger partial charge in [-0.2, -0.15) is 0 Å². The molecule has 0 bridgehead atoms. The Hall–Kier alpha value is -1.82. The molecule has 0 fully saturated rings. The van der Waals surface area contributed by atoms with Crippen LogP contribution in [-0.4, -0.2) is 37.4 Å². The van der Waals surface area contributed by atoms with E-state index in [2.05, 4.69) is 10.6 Å². The van der Waals surface area contributed by atoms with Crippen molar-refractivity contribution in [2.45, 2.75) is 6.42 Å². The zero-order valence-electron chi connectivity index (χ0n) is 9.99. The molecule has 5 nitrogen and oxygen atoms in total. The quantitative estimate of drug-likeness (QED) is 0.634. The van der Waals surface area contributed by atoms with Gasteiger partial charge in [-0.25, -0.2) is 9.18 Å². The Kier molecular flexibility index (Phi) is 6.56. The smallest absolute Gasteiger partial charge is 0.314 e. The summed E-state index contributed by atoms with van der Waals surface area (Å²) in [6.07, 6.45) is 0.643. The number of benzene rings is 1. The molecule has 2 amide bonds. The monoisotopic (exact) mass is 256 g/mol. The van der Waals surface area contributed by atoms with Crippen LogP contribution < -0.4 is 15.4 Å². The van der Waals surface area contributed by atoms with E-state index in [-0.39, 0.29) is 25.0 Å². The molecule has 18 heavy (non-hydrogen) atoms. The van der Waals surface area contributed by atoms with Crippen LogP contribution in [0.15, 0.2) is 24.3 Å². The number of hydrogen-bond acceptors (Lipinski definition) is 3. The van der Waals surface area contributed by atoms with Crippen LogP contribution in [-0.2, 0) is 0 Å². The zero-order valence-corrected chi connectivity index (χ0v) is 9.99. The molecule has 100 valence electrons. The molecule has 0 aromatic heterocycles. The Balaban J connectivity index is 2.05. The van der Waals surface area contributed by atoms with E-state index in [0.29, 0.717) is 25.3 Å². The average Bonchev–Trinajstić information content (AvgIpc) is 2.38. The van der Waals surface area contributed by atoms with Crippen molar-refractivity contribution in [2.24, 2.45) is 0 Å². The molecule has 6 heteroatoms. The predicted molar refractivity (Wildman–Crippen MR) is 65.0 cm³/mol. The predicted octanol–water partition coefficient (Wildman–Crippen LogP) is 0.886. The molecule has 0 atom stereocenters. The molecule has 0 aliphatic rings. The number of carbonyl (C=O) groups excluding carboxylic acids is 1. The third kappa shape index (κ3) is 6.05. The molecule has 1 rings (SSSR count). The Morgan fingerprint density at radius 1 is 1.22 bits per heavy atom. The molecule has 0 radical (unpaired) electrons. The van der Waals surface area contributed by atoms with Gasteiger partial charge in [0.05, 0.1) is 13.2 Å². The fourth-order valence-electron chi connectivity index (χ4n) is 1.23. The van der Waals surface area contributed by atoms with E-state index >= 15 is 0 Å². The molecule has 0 spiro atoms. The maximum absolute atomic E-state index is 12.6. The van der Waals surface area contributed by atoms with Crippen molar-refractivity contribution in [3.8, 4) is 5.75 Å². The Labute approximate surface area is 105 Å². The summed E-state index contributed by atoms with van der Waals surface area (Å²) in [6.45, 7) is 1.06. The third-order valence-corrected chi connectivity index (χ3v) is 2.09. The Bertz CT molecular complexity index is 357. The van der Waals surface area contributed by atoms with Crippen molar-refractivity contribution >= 4 is 6.03 Å². The highest BCUT2D eigenvalue weighted by atomic mass is 19.1. The highest BCUT2D eigenvalue weighted by Crippen LogP contribution is 2.10. The fourth-order valence-corrected chi connectivity index (χ4v) is 1.23. The summed E-state index contributed by atoms with van der Waals surface area (Å²) < 4.78 is 17.9. The van der Waals surface area contributed by atoms with E-state index in [4.69, 9.17) is 9.84 Å². The lowest BCUT2D eigenvalue weighted by molar-refractivity contribution is 0.232. The van der Waals surface area contributed by atoms with Crippen molar-refractivity contribution in [2.75, 3.05) is 26.3 Å². The molecule has 3 N–H and O–H groups in total. The van der Waals surface area contributed by atoms with Gasteiger partial charge in [0.1, 0.15) is 11.6 Å². The van der Waals surface area contributed by atoms with Crippen LogP contribution in [0.5, 0.6) is 5.75 Å². The lowest BCUT2D eigenvalue weighted by atomic mass is 10.3. The number of ether oxygens (including phenoxy) is 1. The first-order valence-corrected chi connectivity index (χ1v) is 5.73. The first-order valence-electron chi connectivity index (χ1n) is 5.73. The van der Waals surface area contributed by atoms with E-state index < -0.39 is 0 Å². The standard InChI is InChI=1S/C12H17FN2O3/c13-10-2-4-11(5-3-10)18-9-1-6-14-12(17)15-7-8-16/h2-5,16H,1,6-9H2,(H2,14,15,17). The number of amides is 2. The van der Waals surface area contributed by atoms with Crippen molar-refractivity contribution in [1.82, 2.24) is 10.6 Å². The number of rotatable bonds is 7. The van der Waals surface area contributed by atoms with Gasteiger partial charge >= 0.3 is 6.03 Å². The lowest BCUT2D eigenvalue weighted by Crippen LogP contribution is -2.37. The van der Waals surface area contributed by atoms with Crippen LogP contribution in [0, 0.1) is 5.82 Å². The lowest BCUT2D eigenvalue weighted by Gasteiger charge is -2.08. The van der Waals surface area contributed by atoms with Gasteiger partial charge in [0.25, 0.3) is 0 Å². The fraction of sp³-hybridized carbons (Fsp3) is 0.417. The molecule has 1 aromatic carbocycles. The van der Waals surface area contributed by atoms with E-state index in [0.717, 1.165) is 0 Å². The molecular formula is C12H17FN2O3. The summed E-state index contributed by atoms with van der Waals surface area (Å²) in [5.41, 5.74) is 0. The van der Waals surface area contributed by atoms with E-state index in [1.54, 1.807) is 12.1 Å². The average molecular weight is 256 g/mol. The van der Waals surface area contributed by atoms with Crippen LogP contribution in [0.3, 0.4) is 0 Å². The van der Waals surface area contributed by atoms with Crippen LogP contribution in [0.1, 0.15) is 6.42 Å². The largest absolute Gasteiger partial charge is 0.494 e. The summed E-state index contributed by atoms with van der Waals surface area (Å²) in [5, 5.41) is 13.6. The van der Waals surface area contributed by atoms with Gasteiger partial charge in [0.15, 0.2) is 0 Å². The minimum atomic E-state index is -0.314. The second-order valence-electron chi connectivity index (χ2n) is 3.56. The van der Waals surface area contributed by atoms with Gasteiger partial charge < -0.3 is 20.5 Å². The summed E-state index contributed by atoms with van der Waals surface area (Å²) in [6, 6.07) is 5.45. The van der Waals surface area contributed by atoms with Crippen LogP contribution in [0.4, 0.5) is 9.18 Å². The van der Waals surface area contributed by atoms with Gasteiger partial charge in [0.2, 0.25) is 0 Å². The molecule has 1 aromatic rings. The topological polar surface area (TPSA) is 70.6 Å². The van der Waals surface area contributed by atoms with Crippen molar-refractivity contribution in [1.29, 1.82) is 0 Å². The molecular weight excluding hydrogens is 239 g/mol. The summed E-state index contributed by atoms with van der Waals surface area (Å²) in [5.74, 6) is 0.297. The second-order valence-corrected chi connectivity index (χ2v) is 3.56. The highest BCUT2D eigenvalue weighted by Gasteiger charge is 1.98. The molecule has 0 aliphatic heterocycles. The van der Waals surface area contributed by atoms with Gasteiger partial charge in [-0.05, 0) is 30.7 Å². The minimum Gasteiger partial charge on any atom is -0.494 e. The second kappa shape index (κ2) is 8.30. The molecule has 0 saturated heterocycles. The van der Waals surface area contributed by atoms with E-state index in [1.165, 1.54) is 12.1 Å². The molecule has 0 saturated carbocycles. The van der Waals surface area contributed by atoms with E-state index in [1.807, 2.05) is 0 Å². The van der Waals surface area contributed by atoms with Gasteiger partial charge in [-0.1, -0.05) is 0 Å². The maximum Gasteiger partial charge on any atom is 0.314 e. The number of carbonyl (C=O) groups is 1. The SMILES string of the molecule is O=C(NCCO)NCCCOc1ccc(F)cc1. The summed E-state index contributed by atoms with van der Waals surface area (Å²) in [4.78, 5) is 11.1. The molecule has 0 unspecified atom stereocenters. The van der Waals surface area contributed by atoms with Gasteiger partial charge in [0, 0.05) is 13.1 Å². The Morgan fingerprint density at radius 3 is 2.56 bits per heavy atom. The van der Waals surface area contributed by atoms with Crippen molar-refractivity contribution in [3.05, 3.63) is 30.1 Å². The number of aliphatic hydroxyl groups excluding tert-OH is 1. The Morgan fingerprint density at radius 2 is 1.89 bits per heavy atom.